The molecule has 1 aliphatic heterocycles. The highest BCUT2D eigenvalue weighted by Crippen LogP contribution is 2.24. The van der Waals surface area contributed by atoms with E-state index in [1.807, 2.05) is 0 Å². The van der Waals surface area contributed by atoms with Crippen molar-refractivity contribution < 1.29 is 27.4 Å². The summed E-state index contributed by atoms with van der Waals surface area (Å²) in [4.78, 5) is 12.0. The lowest BCUT2D eigenvalue weighted by atomic mass is 9.92. The molecule has 0 aliphatic carbocycles. The molecule has 1 aliphatic rings. The lowest BCUT2D eigenvalue weighted by Crippen LogP contribution is -2.37. The Hall–Kier alpha value is -1.83. The fraction of sp³-hybridized carbons (Fsp3) is 0.588. The van der Waals surface area contributed by atoms with Gasteiger partial charge in [-0.15, -0.1) is 0 Å². The minimum Gasteiger partial charge on any atom is -0.493 e. The lowest BCUT2D eigenvalue weighted by molar-refractivity contribution is 0.121. The van der Waals surface area contributed by atoms with Crippen molar-refractivity contribution in [3.05, 3.63) is 24.0 Å². The van der Waals surface area contributed by atoms with E-state index in [1.165, 1.54) is 24.0 Å². The Balaban J connectivity index is 1.76. The number of piperidine rings is 1. The van der Waals surface area contributed by atoms with Crippen LogP contribution < -0.4 is 4.74 Å². The van der Waals surface area contributed by atoms with Gasteiger partial charge in [-0.05, 0) is 43.7 Å². The summed E-state index contributed by atoms with van der Waals surface area (Å²) in [6.07, 6.45) is 2.55. The number of hydrogen-bond acceptors (Lipinski definition) is 4. The van der Waals surface area contributed by atoms with Gasteiger partial charge in [-0.3, -0.25) is 0 Å². The number of benzene rings is 1. The van der Waals surface area contributed by atoms with E-state index >= 15 is 0 Å². The number of rotatable bonds is 7. The average molecular weight is 373 g/mol. The SMILES string of the molecule is CCS(=O)(=O)c1ccc(OCCCC2CCN(C(=O)O)CC2)cc1F. The second-order valence-electron chi connectivity index (χ2n) is 6.20. The molecule has 0 bridgehead atoms. The van der Waals surface area contributed by atoms with E-state index in [4.69, 9.17) is 9.84 Å². The van der Waals surface area contributed by atoms with E-state index in [2.05, 4.69) is 0 Å². The Kier molecular flexibility index (Phi) is 6.64. The number of likely N-dealkylation sites (tertiary alicyclic amines) is 1. The first-order valence-electron chi connectivity index (χ1n) is 8.46. The van der Waals surface area contributed by atoms with Crippen molar-refractivity contribution in [1.29, 1.82) is 0 Å². The predicted octanol–water partition coefficient (Wildman–Crippen LogP) is 3.17. The highest BCUT2D eigenvalue weighted by atomic mass is 32.2. The van der Waals surface area contributed by atoms with Crippen LogP contribution >= 0.6 is 0 Å². The van der Waals surface area contributed by atoms with Gasteiger partial charge in [-0.2, -0.15) is 0 Å². The van der Waals surface area contributed by atoms with Gasteiger partial charge < -0.3 is 14.7 Å². The number of carbonyl (C=O) groups is 1. The Morgan fingerprint density at radius 1 is 1.36 bits per heavy atom. The van der Waals surface area contributed by atoms with E-state index < -0.39 is 21.7 Å². The number of ether oxygens (including phenoxy) is 1. The maximum absolute atomic E-state index is 13.9. The summed E-state index contributed by atoms with van der Waals surface area (Å²) in [5, 5.41) is 8.91. The first-order chi connectivity index (χ1) is 11.8. The third-order valence-electron chi connectivity index (χ3n) is 4.53. The zero-order valence-corrected chi connectivity index (χ0v) is 15.1. The van der Waals surface area contributed by atoms with Crippen LogP contribution in [0.5, 0.6) is 5.75 Å². The summed E-state index contributed by atoms with van der Waals surface area (Å²) >= 11 is 0. The van der Waals surface area contributed by atoms with Gasteiger partial charge in [0, 0.05) is 19.2 Å². The molecule has 1 saturated heterocycles. The molecule has 8 heteroatoms. The lowest BCUT2D eigenvalue weighted by Gasteiger charge is -2.29. The molecule has 1 fully saturated rings. The van der Waals surface area contributed by atoms with Crippen LogP contribution in [-0.2, 0) is 9.84 Å². The van der Waals surface area contributed by atoms with Gasteiger partial charge in [0.15, 0.2) is 9.84 Å². The minimum atomic E-state index is -3.57. The molecule has 0 unspecified atom stereocenters. The molecule has 140 valence electrons. The van der Waals surface area contributed by atoms with Crippen molar-refractivity contribution in [3.63, 3.8) is 0 Å². The highest BCUT2D eigenvalue weighted by molar-refractivity contribution is 7.91. The Labute approximate surface area is 147 Å². The van der Waals surface area contributed by atoms with Crippen LogP contribution in [0.4, 0.5) is 9.18 Å². The molecular weight excluding hydrogens is 349 g/mol. The van der Waals surface area contributed by atoms with Gasteiger partial charge >= 0.3 is 6.09 Å². The smallest absolute Gasteiger partial charge is 0.407 e. The van der Waals surface area contributed by atoms with Crippen LogP contribution in [0.25, 0.3) is 0 Å². The average Bonchev–Trinajstić information content (AvgIpc) is 2.59. The van der Waals surface area contributed by atoms with Crippen molar-refractivity contribution in [1.82, 2.24) is 4.90 Å². The van der Waals surface area contributed by atoms with Gasteiger partial charge in [0.25, 0.3) is 0 Å². The quantitative estimate of drug-likeness (QED) is 0.742. The number of sulfone groups is 1. The highest BCUT2D eigenvalue weighted by Gasteiger charge is 2.22. The molecule has 2 rings (SSSR count). The van der Waals surface area contributed by atoms with Crippen LogP contribution in [0.2, 0.25) is 0 Å². The molecule has 1 amide bonds. The maximum atomic E-state index is 13.9. The molecular formula is C17H24FNO5S. The van der Waals surface area contributed by atoms with Crippen molar-refractivity contribution in [2.75, 3.05) is 25.4 Å². The van der Waals surface area contributed by atoms with Gasteiger partial charge in [-0.1, -0.05) is 6.92 Å². The number of amides is 1. The van der Waals surface area contributed by atoms with Crippen LogP contribution in [0, 0.1) is 11.7 Å². The molecule has 25 heavy (non-hydrogen) atoms. The largest absolute Gasteiger partial charge is 0.493 e. The Morgan fingerprint density at radius 2 is 2.04 bits per heavy atom. The fourth-order valence-electron chi connectivity index (χ4n) is 2.95. The fourth-order valence-corrected chi connectivity index (χ4v) is 3.90. The molecule has 6 nitrogen and oxygen atoms in total. The molecule has 1 N–H and O–H groups in total. The standard InChI is InChI=1S/C17H24FNO5S/c1-2-25(22,23)16-6-5-14(12-15(16)18)24-11-3-4-13-7-9-19(10-8-13)17(20)21/h5-6,12-13H,2-4,7-11H2,1H3,(H,20,21). The number of nitrogens with zero attached hydrogens (tertiary/aromatic N) is 1. The molecule has 1 aromatic carbocycles. The maximum Gasteiger partial charge on any atom is 0.407 e. The van der Waals surface area contributed by atoms with Gasteiger partial charge in [0.1, 0.15) is 16.5 Å². The molecule has 0 spiro atoms. The topological polar surface area (TPSA) is 83.9 Å². The van der Waals surface area contributed by atoms with Crippen LogP contribution in [0.3, 0.4) is 0 Å². The second-order valence-corrected chi connectivity index (χ2v) is 8.45. The predicted molar refractivity (Wildman–Crippen MR) is 91.2 cm³/mol. The van der Waals surface area contributed by atoms with Crippen LogP contribution in [-0.4, -0.2) is 50.0 Å². The van der Waals surface area contributed by atoms with Crippen molar-refractivity contribution in [2.45, 2.75) is 37.5 Å². The third kappa shape index (κ3) is 5.32. The third-order valence-corrected chi connectivity index (χ3v) is 6.29. The Morgan fingerprint density at radius 3 is 2.60 bits per heavy atom. The van der Waals surface area contributed by atoms with Gasteiger partial charge in [0.2, 0.25) is 0 Å². The normalized spacial score (nSPS) is 16.0. The Bertz CT molecular complexity index is 699. The van der Waals surface area contributed by atoms with Gasteiger partial charge in [0.05, 0.1) is 12.4 Å². The number of hydrogen-bond donors (Lipinski definition) is 1. The molecule has 1 heterocycles. The minimum absolute atomic E-state index is 0.148. The molecule has 0 aromatic heterocycles. The van der Waals surface area contributed by atoms with E-state index in [0.29, 0.717) is 31.4 Å². The zero-order valence-electron chi connectivity index (χ0n) is 14.3. The second kappa shape index (κ2) is 8.51. The van der Waals surface area contributed by atoms with E-state index in [1.54, 1.807) is 0 Å². The van der Waals surface area contributed by atoms with E-state index in [0.717, 1.165) is 31.7 Å². The van der Waals surface area contributed by atoms with Crippen molar-refractivity contribution in [2.24, 2.45) is 5.92 Å². The number of halogens is 1. The molecule has 0 atom stereocenters. The van der Waals surface area contributed by atoms with Crippen LogP contribution in [0.1, 0.15) is 32.6 Å². The van der Waals surface area contributed by atoms with E-state index in [9.17, 15) is 17.6 Å². The van der Waals surface area contributed by atoms with Crippen molar-refractivity contribution >= 4 is 15.9 Å². The monoisotopic (exact) mass is 373 g/mol. The summed E-state index contributed by atoms with van der Waals surface area (Å²) < 4.78 is 42.8. The number of carboxylic acid groups (broad SMARTS) is 1. The molecule has 1 aromatic rings. The summed E-state index contributed by atoms with van der Waals surface area (Å²) in [7, 11) is -3.57. The van der Waals surface area contributed by atoms with E-state index in [-0.39, 0.29) is 10.6 Å². The first kappa shape index (κ1) is 19.5. The van der Waals surface area contributed by atoms with Crippen LogP contribution in [0.15, 0.2) is 23.1 Å². The zero-order chi connectivity index (χ0) is 18.4. The van der Waals surface area contributed by atoms with Gasteiger partial charge in [-0.25, -0.2) is 17.6 Å². The summed E-state index contributed by atoms with van der Waals surface area (Å²) in [6.45, 7) is 3.03. The summed E-state index contributed by atoms with van der Waals surface area (Å²) in [6, 6.07) is 3.82. The molecule has 0 saturated carbocycles. The summed E-state index contributed by atoms with van der Waals surface area (Å²) in [5.74, 6) is -0.146. The summed E-state index contributed by atoms with van der Waals surface area (Å²) in [5.41, 5.74) is 0. The first-order valence-corrected chi connectivity index (χ1v) is 10.1. The molecule has 0 radical (unpaired) electrons. The van der Waals surface area contributed by atoms with Crippen molar-refractivity contribution in [3.8, 4) is 5.75 Å².